The van der Waals surface area contributed by atoms with Crippen molar-refractivity contribution in [2.75, 3.05) is 31.1 Å². The molecule has 3 rings (SSSR count). The molecule has 0 radical (unpaired) electrons. The summed E-state index contributed by atoms with van der Waals surface area (Å²) in [6, 6.07) is 7.61. The SMILES string of the molecule is NC(=O)c1ccc(N2CC3CNCC3C2)cc1. The first kappa shape index (κ1) is 10.6. The minimum Gasteiger partial charge on any atom is -0.371 e. The van der Waals surface area contributed by atoms with Gasteiger partial charge >= 0.3 is 0 Å². The van der Waals surface area contributed by atoms with E-state index in [4.69, 9.17) is 5.73 Å². The van der Waals surface area contributed by atoms with E-state index in [1.165, 1.54) is 5.69 Å². The number of nitrogens with one attached hydrogen (secondary N) is 1. The van der Waals surface area contributed by atoms with E-state index in [0.29, 0.717) is 5.56 Å². The van der Waals surface area contributed by atoms with Gasteiger partial charge in [0.2, 0.25) is 5.91 Å². The average molecular weight is 231 g/mol. The molecule has 4 heteroatoms. The van der Waals surface area contributed by atoms with Crippen LogP contribution in [0.25, 0.3) is 0 Å². The van der Waals surface area contributed by atoms with E-state index >= 15 is 0 Å². The number of carbonyl (C=O) groups is 1. The summed E-state index contributed by atoms with van der Waals surface area (Å²) in [5, 5.41) is 3.43. The third kappa shape index (κ3) is 1.89. The van der Waals surface area contributed by atoms with E-state index in [1.54, 1.807) is 0 Å². The number of carbonyl (C=O) groups excluding carboxylic acids is 1. The molecule has 0 aliphatic carbocycles. The van der Waals surface area contributed by atoms with Crippen molar-refractivity contribution in [3.05, 3.63) is 29.8 Å². The van der Waals surface area contributed by atoms with Crippen molar-refractivity contribution in [3.8, 4) is 0 Å². The number of rotatable bonds is 2. The third-order valence-corrected chi connectivity index (χ3v) is 3.91. The minimum atomic E-state index is -0.362. The lowest BCUT2D eigenvalue weighted by molar-refractivity contribution is 0.100. The fourth-order valence-electron chi connectivity index (χ4n) is 2.90. The zero-order chi connectivity index (χ0) is 11.8. The zero-order valence-corrected chi connectivity index (χ0v) is 9.73. The molecule has 0 saturated carbocycles. The molecule has 0 spiro atoms. The molecule has 0 bridgehead atoms. The van der Waals surface area contributed by atoms with Crippen molar-refractivity contribution < 1.29 is 4.79 Å². The Morgan fingerprint density at radius 2 is 1.76 bits per heavy atom. The van der Waals surface area contributed by atoms with Crippen molar-refractivity contribution in [2.45, 2.75) is 0 Å². The Bertz CT molecular complexity index is 417. The Labute approximate surface area is 101 Å². The highest BCUT2D eigenvalue weighted by molar-refractivity contribution is 5.93. The van der Waals surface area contributed by atoms with Gasteiger partial charge in [0.15, 0.2) is 0 Å². The molecule has 17 heavy (non-hydrogen) atoms. The zero-order valence-electron chi connectivity index (χ0n) is 9.73. The van der Waals surface area contributed by atoms with Gasteiger partial charge in [0.1, 0.15) is 0 Å². The van der Waals surface area contributed by atoms with Crippen LogP contribution < -0.4 is 16.0 Å². The van der Waals surface area contributed by atoms with Crippen molar-refractivity contribution >= 4 is 11.6 Å². The van der Waals surface area contributed by atoms with E-state index in [9.17, 15) is 4.79 Å². The normalized spacial score (nSPS) is 27.2. The molecule has 2 saturated heterocycles. The maximum Gasteiger partial charge on any atom is 0.248 e. The number of hydrogen-bond donors (Lipinski definition) is 2. The van der Waals surface area contributed by atoms with Gasteiger partial charge in [-0.05, 0) is 36.1 Å². The number of primary amides is 1. The van der Waals surface area contributed by atoms with Crippen molar-refractivity contribution in [3.63, 3.8) is 0 Å². The second-order valence-corrected chi connectivity index (χ2v) is 4.99. The molecule has 1 aromatic rings. The van der Waals surface area contributed by atoms with E-state index in [-0.39, 0.29) is 5.91 Å². The van der Waals surface area contributed by atoms with Crippen LogP contribution in [0.4, 0.5) is 5.69 Å². The fraction of sp³-hybridized carbons (Fsp3) is 0.462. The number of benzene rings is 1. The van der Waals surface area contributed by atoms with Gasteiger partial charge in [-0.15, -0.1) is 0 Å². The number of anilines is 1. The lowest BCUT2D eigenvalue weighted by atomic mass is 10.0. The van der Waals surface area contributed by atoms with Crippen molar-refractivity contribution in [1.82, 2.24) is 5.32 Å². The van der Waals surface area contributed by atoms with Gasteiger partial charge in [0, 0.05) is 37.4 Å². The van der Waals surface area contributed by atoms with Gasteiger partial charge in [-0.1, -0.05) is 0 Å². The van der Waals surface area contributed by atoms with Crippen LogP contribution >= 0.6 is 0 Å². The van der Waals surface area contributed by atoms with Crippen LogP contribution in [0.1, 0.15) is 10.4 Å². The molecule has 1 aromatic carbocycles. The second kappa shape index (κ2) is 4.04. The molecule has 4 nitrogen and oxygen atoms in total. The molecule has 2 fully saturated rings. The summed E-state index contributed by atoms with van der Waals surface area (Å²) in [7, 11) is 0. The van der Waals surface area contributed by atoms with Crippen LogP contribution in [0.3, 0.4) is 0 Å². The smallest absolute Gasteiger partial charge is 0.248 e. The van der Waals surface area contributed by atoms with Crippen LogP contribution in [0.15, 0.2) is 24.3 Å². The van der Waals surface area contributed by atoms with E-state index in [1.807, 2.05) is 24.3 Å². The summed E-state index contributed by atoms with van der Waals surface area (Å²) < 4.78 is 0. The number of nitrogens with zero attached hydrogens (tertiary/aromatic N) is 1. The topological polar surface area (TPSA) is 58.4 Å². The van der Waals surface area contributed by atoms with Crippen LogP contribution in [0, 0.1) is 11.8 Å². The molecule has 0 aromatic heterocycles. The quantitative estimate of drug-likeness (QED) is 0.776. The highest BCUT2D eigenvalue weighted by Crippen LogP contribution is 2.30. The van der Waals surface area contributed by atoms with Gasteiger partial charge in [-0.3, -0.25) is 4.79 Å². The van der Waals surface area contributed by atoms with Crippen LogP contribution in [0.5, 0.6) is 0 Å². The Kier molecular flexibility index (Phi) is 2.52. The Balaban J connectivity index is 1.75. The maximum absolute atomic E-state index is 11.0. The van der Waals surface area contributed by atoms with E-state index < -0.39 is 0 Å². The van der Waals surface area contributed by atoms with E-state index in [2.05, 4.69) is 10.2 Å². The molecule has 2 atom stereocenters. The van der Waals surface area contributed by atoms with Gasteiger partial charge < -0.3 is 16.0 Å². The molecule has 1 amide bonds. The molecule has 90 valence electrons. The molecule has 2 aliphatic heterocycles. The summed E-state index contributed by atoms with van der Waals surface area (Å²) in [6.45, 7) is 4.52. The minimum absolute atomic E-state index is 0.362. The molecule has 2 heterocycles. The summed E-state index contributed by atoms with van der Waals surface area (Å²) >= 11 is 0. The standard InChI is InChI=1S/C13H17N3O/c14-13(17)9-1-3-12(4-2-9)16-7-10-5-15-6-11(10)8-16/h1-4,10-11,15H,5-8H2,(H2,14,17). The number of amides is 1. The number of nitrogens with two attached hydrogens (primary N) is 1. The largest absolute Gasteiger partial charge is 0.371 e. The van der Waals surface area contributed by atoms with Gasteiger partial charge in [0.05, 0.1) is 0 Å². The highest BCUT2D eigenvalue weighted by atomic mass is 16.1. The Morgan fingerprint density at radius 1 is 1.18 bits per heavy atom. The summed E-state index contributed by atoms with van der Waals surface area (Å²) in [6.07, 6.45) is 0. The Morgan fingerprint density at radius 3 is 2.29 bits per heavy atom. The fourth-order valence-corrected chi connectivity index (χ4v) is 2.90. The lowest BCUT2D eigenvalue weighted by Crippen LogP contribution is -2.25. The average Bonchev–Trinajstić information content (AvgIpc) is 2.89. The molecular weight excluding hydrogens is 214 g/mol. The number of fused-ring (bicyclic) bond motifs is 1. The molecule has 2 unspecified atom stereocenters. The predicted molar refractivity (Wildman–Crippen MR) is 67.0 cm³/mol. The molecule has 2 aliphatic rings. The summed E-state index contributed by atoms with van der Waals surface area (Å²) in [4.78, 5) is 13.4. The van der Waals surface area contributed by atoms with Crippen molar-refractivity contribution in [2.24, 2.45) is 17.6 Å². The third-order valence-electron chi connectivity index (χ3n) is 3.91. The summed E-state index contributed by atoms with van der Waals surface area (Å²) in [5.41, 5.74) is 7.01. The van der Waals surface area contributed by atoms with Crippen LogP contribution in [0.2, 0.25) is 0 Å². The lowest BCUT2D eigenvalue weighted by Gasteiger charge is -2.19. The molecule has 3 N–H and O–H groups in total. The van der Waals surface area contributed by atoms with Crippen LogP contribution in [-0.4, -0.2) is 32.1 Å². The Hall–Kier alpha value is -1.55. The maximum atomic E-state index is 11.0. The second-order valence-electron chi connectivity index (χ2n) is 4.99. The predicted octanol–water partition coefficient (Wildman–Crippen LogP) is 0.441. The van der Waals surface area contributed by atoms with Gasteiger partial charge in [-0.25, -0.2) is 0 Å². The number of hydrogen-bond acceptors (Lipinski definition) is 3. The summed E-state index contributed by atoms with van der Waals surface area (Å²) in [5.74, 6) is 1.20. The highest BCUT2D eigenvalue weighted by Gasteiger charge is 2.35. The first-order valence-electron chi connectivity index (χ1n) is 6.09. The van der Waals surface area contributed by atoms with Crippen molar-refractivity contribution in [1.29, 1.82) is 0 Å². The first-order chi connectivity index (χ1) is 8.24. The van der Waals surface area contributed by atoms with Gasteiger partial charge in [-0.2, -0.15) is 0 Å². The molecular formula is C13H17N3O. The van der Waals surface area contributed by atoms with Crippen LogP contribution in [-0.2, 0) is 0 Å². The first-order valence-corrected chi connectivity index (χ1v) is 6.09. The monoisotopic (exact) mass is 231 g/mol. The van der Waals surface area contributed by atoms with E-state index in [0.717, 1.165) is 38.0 Å². The van der Waals surface area contributed by atoms with Gasteiger partial charge in [0.25, 0.3) is 0 Å².